The van der Waals surface area contributed by atoms with Crippen molar-refractivity contribution >= 4 is 6.29 Å². The molecule has 0 aliphatic rings. The van der Waals surface area contributed by atoms with E-state index in [1.807, 2.05) is 6.92 Å². The van der Waals surface area contributed by atoms with E-state index in [0.29, 0.717) is 6.42 Å². The second-order valence-electron chi connectivity index (χ2n) is 2.58. The first-order chi connectivity index (χ1) is 5.22. The van der Waals surface area contributed by atoms with Crippen molar-refractivity contribution in [2.45, 2.75) is 33.1 Å². The summed E-state index contributed by atoms with van der Waals surface area (Å²) in [5, 5.41) is 8.48. The summed E-state index contributed by atoms with van der Waals surface area (Å²) < 4.78 is 0. The number of nitrogens with zero attached hydrogens (tertiary/aromatic N) is 1. The zero-order valence-electron chi connectivity index (χ0n) is 7.05. The van der Waals surface area contributed by atoms with E-state index < -0.39 is 0 Å². The van der Waals surface area contributed by atoms with Gasteiger partial charge < -0.3 is 4.79 Å². The lowest BCUT2D eigenvalue weighted by Gasteiger charge is -1.98. The molecule has 0 heterocycles. The molecule has 0 radical (unpaired) electrons. The molecule has 2 heteroatoms. The first kappa shape index (κ1) is 9.90. The van der Waals surface area contributed by atoms with Gasteiger partial charge in [-0.15, -0.1) is 0 Å². The minimum atomic E-state index is 0.593. The number of hydrogen-bond acceptors (Lipinski definition) is 2. The maximum absolute atomic E-state index is 9.94. The molecule has 0 bridgehead atoms. The lowest BCUT2D eigenvalue weighted by Crippen LogP contribution is -1.83. The number of carbonyl (C=O) groups is 1. The molecule has 0 saturated heterocycles. The van der Waals surface area contributed by atoms with Gasteiger partial charge >= 0.3 is 0 Å². The van der Waals surface area contributed by atoms with Crippen molar-refractivity contribution in [1.29, 1.82) is 5.26 Å². The number of unbranched alkanes of at least 4 members (excludes halogenated alkanes) is 1. The molecule has 0 aliphatic carbocycles. The Kier molecular flexibility index (Phi) is 5.10. The number of allylic oxidation sites excluding steroid dienone is 2. The highest BCUT2D eigenvalue weighted by Crippen LogP contribution is 2.09. The molecule has 0 aromatic heterocycles. The molecule has 0 unspecified atom stereocenters. The van der Waals surface area contributed by atoms with Crippen molar-refractivity contribution in [3.8, 4) is 6.07 Å². The third kappa shape index (κ3) is 4.32. The van der Waals surface area contributed by atoms with Gasteiger partial charge in [-0.3, -0.25) is 0 Å². The Balaban J connectivity index is 3.78. The van der Waals surface area contributed by atoms with Gasteiger partial charge in [0.05, 0.1) is 6.07 Å². The van der Waals surface area contributed by atoms with Gasteiger partial charge in [-0.2, -0.15) is 5.26 Å². The first-order valence-electron chi connectivity index (χ1n) is 3.72. The highest BCUT2D eigenvalue weighted by molar-refractivity contribution is 5.49. The van der Waals surface area contributed by atoms with E-state index in [2.05, 4.69) is 6.07 Å². The van der Waals surface area contributed by atoms with Crippen LogP contribution in [-0.4, -0.2) is 6.29 Å². The largest absolute Gasteiger partial charge is 0.303 e. The third-order valence-electron chi connectivity index (χ3n) is 1.68. The summed E-state index contributed by atoms with van der Waals surface area (Å²) in [6, 6.07) is 2.08. The number of hydrogen-bond donors (Lipinski definition) is 0. The molecular formula is C9H13NO. The van der Waals surface area contributed by atoms with Gasteiger partial charge in [0.1, 0.15) is 6.29 Å². The standard InChI is InChI=1S/C9H13NO/c1-8(9(2)7-10)5-3-4-6-11/h6H,3-5H2,1-2H3. The molecule has 0 spiro atoms. The Hall–Kier alpha value is -1.10. The lowest BCUT2D eigenvalue weighted by molar-refractivity contribution is -0.107. The predicted molar refractivity (Wildman–Crippen MR) is 43.9 cm³/mol. The molecule has 0 saturated carbocycles. The minimum Gasteiger partial charge on any atom is -0.303 e. The molecule has 60 valence electrons. The molecule has 11 heavy (non-hydrogen) atoms. The molecule has 0 fully saturated rings. The van der Waals surface area contributed by atoms with Crippen LogP contribution in [0.25, 0.3) is 0 Å². The van der Waals surface area contributed by atoms with Gasteiger partial charge in [0.25, 0.3) is 0 Å². The van der Waals surface area contributed by atoms with Crippen LogP contribution in [0.4, 0.5) is 0 Å². The van der Waals surface area contributed by atoms with Gasteiger partial charge in [-0.05, 0) is 26.7 Å². The number of carbonyl (C=O) groups excluding carboxylic acids is 1. The quantitative estimate of drug-likeness (QED) is 0.351. The number of rotatable bonds is 4. The average Bonchev–Trinajstić information content (AvgIpc) is 2.03. The van der Waals surface area contributed by atoms with E-state index in [1.165, 1.54) is 0 Å². The SMILES string of the molecule is CC(C#N)=C(C)CCCC=O. The van der Waals surface area contributed by atoms with E-state index in [4.69, 9.17) is 5.26 Å². The van der Waals surface area contributed by atoms with E-state index in [0.717, 1.165) is 30.3 Å². The Morgan fingerprint density at radius 1 is 1.55 bits per heavy atom. The summed E-state index contributed by atoms with van der Waals surface area (Å²) >= 11 is 0. The van der Waals surface area contributed by atoms with Crippen LogP contribution in [0.5, 0.6) is 0 Å². The highest BCUT2D eigenvalue weighted by Gasteiger charge is 1.94. The zero-order chi connectivity index (χ0) is 8.69. The second-order valence-corrected chi connectivity index (χ2v) is 2.58. The molecule has 0 amide bonds. The lowest BCUT2D eigenvalue weighted by atomic mass is 10.1. The second kappa shape index (κ2) is 5.67. The highest BCUT2D eigenvalue weighted by atomic mass is 16.1. The molecule has 0 aromatic carbocycles. The molecule has 0 aliphatic heterocycles. The molecule has 2 nitrogen and oxygen atoms in total. The van der Waals surface area contributed by atoms with Crippen LogP contribution in [0.15, 0.2) is 11.1 Å². The van der Waals surface area contributed by atoms with Crippen LogP contribution in [0.3, 0.4) is 0 Å². The Morgan fingerprint density at radius 2 is 2.18 bits per heavy atom. The molecule has 0 atom stereocenters. The van der Waals surface area contributed by atoms with E-state index >= 15 is 0 Å². The van der Waals surface area contributed by atoms with Crippen molar-refractivity contribution in [1.82, 2.24) is 0 Å². The first-order valence-corrected chi connectivity index (χ1v) is 3.72. The van der Waals surface area contributed by atoms with Crippen LogP contribution < -0.4 is 0 Å². The van der Waals surface area contributed by atoms with Crippen LogP contribution >= 0.6 is 0 Å². The van der Waals surface area contributed by atoms with Crippen LogP contribution in [0.2, 0.25) is 0 Å². The summed E-state index contributed by atoms with van der Waals surface area (Å²) in [6.07, 6.45) is 3.22. The number of nitriles is 1. The molecule has 0 N–H and O–H groups in total. The smallest absolute Gasteiger partial charge is 0.120 e. The van der Waals surface area contributed by atoms with Gasteiger partial charge in [0, 0.05) is 12.0 Å². The summed E-state index contributed by atoms with van der Waals surface area (Å²) in [6.45, 7) is 3.74. The van der Waals surface area contributed by atoms with Gasteiger partial charge in [0.2, 0.25) is 0 Å². The van der Waals surface area contributed by atoms with Crippen LogP contribution in [-0.2, 0) is 4.79 Å². The van der Waals surface area contributed by atoms with Crippen LogP contribution in [0.1, 0.15) is 33.1 Å². The maximum Gasteiger partial charge on any atom is 0.120 e. The Bertz CT molecular complexity index is 198. The molecule has 0 rings (SSSR count). The average molecular weight is 151 g/mol. The van der Waals surface area contributed by atoms with Gasteiger partial charge in [-0.1, -0.05) is 5.57 Å². The van der Waals surface area contributed by atoms with E-state index in [-0.39, 0.29) is 0 Å². The van der Waals surface area contributed by atoms with Gasteiger partial charge in [-0.25, -0.2) is 0 Å². The van der Waals surface area contributed by atoms with Crippen molar-refractivity contribution in [2.75, 3.05) is 0 Å². The summed E-state index contributed by atoms with van der Waals surface area (Å²) in [7, 11) is 0. The molecular weight excluding hydrogens is 138 g/mol. The predicted octanol–water partition coefficient (Wildman–Crippen LogP) is 2.22. The topological polar surface area (TPSA) is 40.9 Å². The van der Waals surface area contributed by atoms with E-state index in [1.54, 1.807) is 6.92 Å². The third-order valence-corrected chi connectivity index (χ3v) is 1.68. The van der Waals surface area contributed by atoms with Gasteiger partial charge in [0.15, 0.2) is 0 Å². The number of aldehydes is 1. The fraction of sp³-hybridized carbons (Fsp3) is 0.556. The summed E-state index contributed by atoms with van der Waals surface area (Å²) in [4.78, 5) is 9.94. The fourth-order valence-corrected chi connectivity index (χ4v) is 0.733. The fourth-order valence-electron chi connectivity index (χ4n) is 0.733. The van der Waals surface area contributed by atoms with Crippen LogP contribution in [0, 0.1) is 11.3 Å². The van der Waals surface area contributed by atoms with Crippen molar-refractivity contribution in [3.63, 3.8) is 0 Å². The van der Waals surface area contributed by atoms with Crippen molar-refractivity contribution in [2.24, 2.45) is 0 Å². The van der Waals surface area contributed by atoms with Crippen molar-refractivity contribution < 1.29 is 4.79 Å². The monoisotopic (exact) mass is 151 g/mol. The molecule has 0 aromatic rings. The summed E-state index contributed by atoms with van der Waals surface area (Å²) in [5.74, 6) is 0. The van der Waals surface area contributed by atoms with Crippen molar-refractivity contribution in [3.05, 3.63) is 11.1 Å². The summed E-state index contributed by atoms with van der Waals surface area (Å²) in [5.41, 5.74) is 1.87. The Labute approximate surface area is 67.5 Å². The Morgan fingerprint density at radius 3 is 2.64 bits per heavy atom. The minimum absolute atomic E-state index is 0.593. The van der Waals surface area contributed by atoms with E-state index in [9.17, 15) is 4.79 Å². The zero-order valence-corrected chi connectivity index (χ0v) is 7.05. The normalized spacial score (nSPS) is 11.7. The maximum atomic E-state index is 9.94.